The Bertz CT molecular complexity index is 1500. The summed E-state index contributed by atoms with van der Waals surface area (Å²) in [5.74, 6) is -1.10. The molecule has 1 N–H and O–H groups in total. The van der Waals surface area contributed by atoms with E-state index in [4.69, 9.17) is 9.47 Å². The molecular weight excluding hydrogens is 522 g/mol. The number of hydrogen-bond acceptors (Lipinski definition) is 3. The van der Waals surface area contributed by atoms with Crippen LogP contribution in [0.2, 0.25) is 0 Å². The van der Waals surface area contributed by atoms with Gasteiger partial charge in [-0.2, -0.15) is 0 Å². The summed E-state index contributed by atoms with van der Waals surface area (Å²) in [7, 11) is 1.58. The Morgan fingerprint density at radius 1 is 0.976 bits per heavy atom. The van der Waals surface area contributed by atoms with E-state index in [2.05, 4.69) is 19.9 Å². The highest BCUT2D eigenvalue weighted by Crippen LogP contribution is 2.57. The van der Waals surface area contributed by atoms with Gasteiger partial charge in [-0.15, -0.1) is 0 Å². The molecule has 1 spiro atoms. The summed E-state index contributed by atoms with van der Waals surface area (Å²) < 4.78 is 42.7. The van der Waals surface area contributed by atoms with Crippen LogP contribution < -0.4 is 9.47 Å². The molecule has 0 amide bonds. The zero-order valence-electron chi connectivity index (χ0n) is 24.1. The van der Waals surface area contributed by atoms with Crippen LogP contribution in [0.3, 0.4) is 0 Å². The number of hydrogen-bond donors (Lipinski definition) is 1. The summed E-state index contributed by atoms with van der Waals surface area (Å²) in [5, 5.41) is 9.81. The van der Waals surface area contributed by atoms with E-state index in [0.29, 0.717) is 36.1 Å². The van der Waals surface area contributed by atoms with Gasteiger partial charge in [-0.3, -0.25) is 4.79 Å². The number of methoxy groups -OCH3 is 1. The van der Waals surface area contributed by atoms with Crippen LogP contribution in [0.1, 0.15) is 87.0 Å². The van der Waals surface area contributed by atoms with E-state index in [-0.39, 0.29) is 29.5 Å². The fraction of sp³-hybridized carbons (Fsp3) is 0.457. The van der Waals surface area contributed by atoms with Crippen LogP contribution in [0.4, 0.5) is 8.78 Å². The molecule has 3 aromatic rings. The van der Waals surface area contributed by atoms with Crippen molar-refractivity contribution in [3.05, 3.63) is 82.4 Å². The third-order valence-corrected chi connectivity index (χ3v) is 10.2. The number of benzene rings is 3. The van der Waals surface area contributed by atoms with Gasteiger partial charge >= 0.3 is 5.97 Å². The van der Waals surface area contributed by atoms with Crippen molar-refractivity contribution in [2.75, 3.05) is 7.11 Å². The quantitative estimate of drug-likeness (QED) is 0.314. The van der Waals surface area contributed by atoms with Crippen LogP contribution in [0, 0.1) is 23.0 Å². The van der Waals surface area contributed by atoms with Crippen molar-refractivity contribution in [1.82, 2.24) is 0 Å². The molecule has 3 aromatic carbocycles. The van der Waals surface area contributed by atoms with Crippen LogP contribution in [0.5, 0.6) is 11.5 Å². The fourth-order valence-corrected chi connectivity index (χ4v) is 7.91. The molecule has 6 heteroatoms. The number of carboxylic acid groups (broad SMARTS) is 1. The van der Waals surface area contributed by atoms with Crippen LogP contribution in [-0.2, 0) is 23.2 Å². The van der Waals surface area contributed by atoms with Gasteiger partial charge in [-0.05, 0) is 103 Å². The predicted octanol–water partition coefficient (Wildman–Crippen LogP) is 8.58. The summed E-state index contributed by atoms with van der Waals surface area (Å²) in [6.07, 6.45) is 6.82. The third-order valence-electron chi connectivity index (χ3n) is 10.2. The van der Waals surface area contributed by atoms with Crippen LogP contribution >= 0.6 is 0 Å². The Hall–Kier alpha value is -3.41. The summed E-state index contributed by atoms with van der Waals surface area (Å²) >= 11 is 0. The molecule has 0 bridgehead atoms. The van der Waals surface area contributed by atoms with Crippen molar-refractivity contribution < 1.29 is 28.2 Å². The average Bonchev–Trinajstić information content (AvgIpc) is 3.30. The zero-order valence-corrected chi connectivity index (χ0v) is 24.1. The first-order chi connectivity index (χ1) is 19.6. The molecule has 0 radical (unpaired) electrons. The highest BCUT2D eigenvalue weighted by atomic mass is 19.1. The lowest BCUT2D eigenvalue weighted by Gasteiger charge is -2.51. The average molecular weight is 561 g/mol. The fourth-order valence-electron chi connectivity index (χ4n) is 7.91. The minimum absolute atomic E-state index is 0.0615. The van der Waals surface area contributed by atoms with Gasteiger partial charge in [0.2, 0.25) is 0 Å². The van der Waals surface area contributed by atoms with Crippen molar-refractivity contribution >= 4 is 5.97 Å². The molecule has 0 saturated heterocycles. The number of carboxylic acids is 1. The second-order valence-corrected chi connectivity index (χ2v) is 12.8. The lowest BCUT2D eigenvalue weighted by atomic mass is 9.52. The van der Waals surface area contributed by atoms with E-state index in [9.17, 15) is 9.90 Å². The van der Waals surface area contributed by atoms with E-state index in [1.807, 2.05) is 18.2 Å². The SMILES string of the molecule is COc1ccc(F)c(-c2ccc(COc3ccc4c(c3F)[C@@]3(CCC4)CC[C@@H]3C(=O)O)cc2[C@H]2CCCC2(C)C)c1. The molecule has 0 heterocycles. The van der Waals surface area contributed by atoms with Gasteiger partial charge in [0.05, 0.1) is 13.0 Å². The Labute approximate surface area is 240 Å². The molecule has 4 nitrogen and oxygen atoms in total. The maximum Gasteiger partial charge on any atom is 0.307 e. The molecular formula is C35H38F2O4. The maximum absolute atomic E-state index is 16.1. The van der Waals surface area contributed by atoms with Crippen molar-refractivity contribution in [1.29, 1.82) is 0 Å². The Morgan fingerprint density at radius 3 is 2.49 bits per heavy atom. The van der Waals surface area contributed by atoms with E-state index in [0.717, 1.165) is 54.4 Å². The molecule has 216 valence electrons. The van der Waals surface area contributed by atoms with Crippen molar-refractivity contribution in [3.8, 4) is 22.6 Å². The molecule has 2 fully saturated rings. The van der Waals surface area contributed by atoms with Gasteiger partial charge in [0.15, 0.2) is 11.6 Å². The lowest BCUT2D eigenvalue weighted by molar-refractivity contribution is -0.150. The Balaban J connectivity index is 1.34. The summed E-state index contributed by atoms with van der Waals surface area (Å²) in [5.41, 5.74) is 4.20. The molecule has 3 aliphatic rings. The van der Waals surface area contributed by atoms with E-state index < -0.39 is 23.1 Å². The number of aliphatic carboxylic acids is 1. The monoisotopic (exact) mass is 560 g/mol. The van der Waals surface area contributed by atoms with Crippen LogP contribution in [0.25, 0.3) is 11.1 Å². The van der Waals surface area contributed by atoms with Crippen molar-refractivity contribution in [2.24, 2.45) is 11.3 Å². The minimum Gasteiger partial charge on any atom is -0.497 e. The van der Waals surface area contributed by atoms with E-state index in [1.54, 1.807) is 25.3 Å². The van der Waals surface area contributed by atoms with Crippen LogP contribution in [0.15, 0.2) is 48.5 Å². The first kappa shape index (κ1) is 27.7. The molecule has 6 rings (SSSR count). The second kappa shape index (κ2) is 10.5. The Morgan fingerprint density at radius 2 is 1.80 bits per heavy atom. The standard InChI is InChI=1S/C35H38F2O4/c1-34(2)15-5-7-27(34)25-18-21(8-11-24(25)26-19-23(40-3)10-12-29(26)36)20-41-30-13-9-22-6-4-16-35(31(22)32(30)37)17-14-28(35)33(38)39/h8-13,18-19,27-28H,4-7,14-17,20H2,1-3H3,(H,38,39)/t27-,28-,35+/m1/s1. The number of carbonyl (C=O) groups is 1. The smallest absolute Gasteiger partial charge is 0.307 e. The number of ether oxygens (including phenoxy) is 2. The molecule has 41 heavy (non-hydrogen) atoms. The van der Waals surface area contributed by atoms with Gasteiger partial charge in [-0.1, -0.05) is 44.5 Å². The predicted molar refractivity (Wildman–Crippen MR) is 154 cm³/mol. The first-order valence-electron chi connectivity index (χ1n) is 14.8. The molecule has 0 aromatic heterocycles. The largest absolute Gasteiger partial charge is 0.497 e. The first-order valence-corrected chi connectivity index (χ1v) is 14.8. The van der Waals surface area contributed by atoms with Gasteiger partial charge in [0.1, 0.15) is 18.2 Å². The zero-order chi connectivity index (χ0) is 28.9. The number of halogens is 2. The van der Waals surface area contributed by atoms with Gasteiger partial charge in [-0.25, -0.2) is 8.78 Å². The number of rotatable bonds is 7. The number of fused-ring (bicyclic) bond motifs is 2. The topological polar surface area (TPSA) is 55.8 Å². The summed E-state index contributed by atoms with van der Waals surface area (Å²) in [6, 6.07) is 14.4. The third kappa shape index (κ3) is 4.69. The normalized spacial score (nSPS) is 24.5. The summed E-state index contributed by atoms with van der Waals surface area (Å²) in [6.45, 7) is 4.69. The van der Waals surface area contributed by atoms with E-state index in [1.165, 1.54) is 6.07 Å². The summed E-state index contributed by atoms with van der Waals surface area (Å²) in [4.78, 5) is 12.0. The molecule has 0 aliphatic heterocycles. The highest BCUT2D eigenvalue weighted by Gasteiger charge is 2.55. The highest BCUT2D eigenvalue weighted by molar-refractivity contribution is 5.75. The van der Waals surface area contributed by atoms with E-state index >= 15 is 8.78 Å². The molecule has 0 unspecified atom stereocenters. The van der Waals surface area contributed by atoms with Crippen molar-refractivity contribution in [2.45, 2.75) is 83.2 Å². The van der Waals surface area contributed by atoms with Gasteiger partial charge in [0, 0.05) is 16.5 Å². The molecule has 2 saturated carbocycles. The molecule has 3 aliphatic carbocycles. The van der Waals surface area contributed by atoms with Crippen molar-refractivity contribution in [3.63, 3.8) is 0 Å². The van der Waals surface area contributed by atoms with Crippen LogP contribution in [-0.4, -0.2) is 18.2 Å². The minimum atomic E-state index is -0.843. The van der Waals surface area contributed by atoms with Gasteiger partial charge < -0.3 is 14.6 Å². The number of aryl methyl sites for hydroxylation is 1. The second-order valence-electron chi connectivity index (χ2n) is 12.8. The lowest BCUT2D eigenvalue weighted by Crippen LogP contribution is -2.51. The maximum atomic E-state index is 16.1. The van der Waals surface area contributed by atoms with Gasteiger partial charge in [0.25, 0.3) is 0 Å². The Kier molecular flexibility index (Phi) is 7.07. The molecule has 3 atom stereocenters.